The Morgan fingerprint density at radius 1 is 0.957 bits per heavy atom. The van der Waals surface area contributed by atoms with E-state index in [4.69, 9.17) is 9.47 Å². The maximum atomic E-state index is 5.84. The van der Waals surface area contributed by atoms with E-state index in [2.05, 4.69) is 44.3 Å². The summed E-state index contributed by atoms with van der Waals surface area (Å²) in [5, 5.41) is 3.56. The third-order valence-corrected chi connectivity index (χ3v) is 3.79. The minimum absolute atomic E-state index is 0.577. The van der Waals surface area contributed by atoms with Gasteiger partial charge in [0.05, 0.1) is 6.61 Å². The molecule has 0 heterocycles. The van der Waals surface area contributed by atoms with Crippen LogP contribution in [-0.4, -0.2) is 19.8 Å². The quantitative estimate of drug-likeness (QED) is 0.720. The standard InChI is InChI=1S/C20H27NO2/c1-5-22-10-11-23-19-9-7-6-8-18(19)14-21-20-16(3)12-15(2)13-17(20)4/h6-9,12-13,21H,5,10-11,14H2,1-4H3. The average Bonchev–Trinajstić information content (AvgIpc) is 2.51. The fourth-order valence-corrected chi connectivity index (χ4v) is 2.79. The predicted molar refractivity (Wildman–Crippen MR) is 96.4 cm³/mol. The van der Waals surface area contributed by atoms with E-state index < -0.39 is 0 Å². The summed E-state index contributed by atoms with van der Waals surface area (Å²) in [5.74, 6) is 0.919. The number of benzene rings is 2. The molecular weight excluding hydrogens is 286 g/mol. The minimum atomic E-state index is 0.577. The number of hydrogen-bond acceptors (Lipinski definition) is 3. The van der Waals surface area contributed by atoms with Gasteiger partial charge in [0.25, 0.3) is 0 Å². The maximum Gasteiger partial charge on any atom is 0.124 e. The Kier molecular flexibility index (Phi) is 6.48. The average molecular weight is 313 g/mol. The SMILES string of the molecule is CCOCCOc1ccccc1CNc1c(C)cc(C)cc1C. The summed E-state index contributed by atoms with van der Waals surface area (Å²) in [4.78, 5) is 0. The number of rotatable bonds is 8. The van der Waals surface area contributed by atoms with Crippen molar-refractivity contribution in [3.05, 3.63) is 58.7 Å². The van der Waals surface area contributed by atoms with E-state index in [1.807, 2.05) is 25.1 Å². The lowest BCUT2D eigenvalue weighted by Gasteiger charge is -2.16. The Morgan fingerprint density at radius 2 is 1.65 bits per heavy atom. The largest absolute Gasteiger partial charge is 0.491 e. The van der Waals surface area contributed by atoms with Crippen molar-refractivity contribution in [2.75, 3.05) is 25.1 Å². The number of nitrogens with one attached hydrogen (secondary N) is 1. The zero-order valence-corrected chi connectivity index (χ0v) is 14.6. The van der Waals surface area contributed by atoms with Crippen LogP contribution in [0.2, 0.25) is 0 Å². The van der Waals surface area contributed by atoms with Crippen LogP contribution in [0.5, 0.6) is 5.75 Å². The number of hydrogen-bond donors (Lipinski definition) is 1. The molecule has 0 saturated heterocycles. The molecule has 23 heavy (non-hydrogen) atoms. The molecule has 0 radical (unpaired) electrons. The van der Waals surface area contributed by atoms with Gasteiger partial charge in [0.2, 0.25) is 0 Å². The Morgan fingerprint density at radius 3 is 2.35 bits per heavy atom. The van der Waals surface area contributed by atoms with E-state index in [1.54, 1.807) is 0 Å². The second kappa shape index (κ2) is 8.59. The molecule has 0 amide bonds. The molecule has 0 aromatic heterocycles. The van der Waals surface area contributed by atoms with Crippen molar-refractivity contribution in [3.8, 4) is 5.75 Å². The lowest BCUT2D eigenvalue weighted by Crippen LogP contribution is -2.09. The first-order valence-corrected chi connectivity index (χ1v) is 8.22. The Balaban J connectivity index is 2.03. The zero-order chi connectivity index (χ0) is 16.7. The van der Waals surface area contributed by atoms with Gasteiger partial charge in [-0.25, -0.2) is 0 Å². The maximum absolute atomic E-state index is 5.84. The Hall–Kier alpha value is -2.00. The molecule has 0 fully saturated rings. The fourth-order valence-electron chi connectivity index (χ4n) is 2.79. The summed E-state index contributed by atoms with van der Waals surface area (Å²) in [7, 11) is 0. The Labute approximate surface area is 139 Å². The topological polar surface area (TPSA) is 30.5 Å². The number of anilines is 1. The summed E-state index contributed by atoms with van der Waals surface area (Å²) >= 11 is 0. The van der Waals surface area contributed by atoms with Crippen molar-refractivity contribution in [1.29, 1.82) is 0 Å². The van der Waals surface area contributed by atoms with E-state index >= 15 is 0 Å². The lowest BCUT2D eigenvalue weighted by molar-refractivity contribution is 0.110. The second-order valence-electron chi connectivity index (χ2n) is 5.78. The summed E-state index contributed by atoms with van der Waals surface area (Å²) in [5.41, 5.74) is 6.21. The van der Waals surface area contributed by atoms with E-state index in [1.165, 1.54) is 22.4 Å². The molecule has 0 aliphatic heterocycles. The molecule has 2 aromatic rings. The van der Waals surface area contributed by atoms with Crippen LogP contribution in [0.25, 0.3) is 0 Å². The Bertz CT molecular complexity index is 614. The third kappa shape index (κ3) is 5.00. The highest BCUT2D eigenvalue weighted by molar-refractivity contribution is 5.58. The third-order valence-electron chi connectivity index (χ3n) is 3.79. The first-order valence-electron chi connectivity index (χ1n) is 8.22. The van der Waals surface area contributed by atoms with Gasteiger partial charge in [0.15, 0.2) is 0 Å². The molecule has 0 unspecified atom stereocenters. The van der Waals surface area contributed by atoms with Crippen LogP contribution < -0.4 is 10.1 Å². The van der Waals surface area contributed by atoms with E-state index in [-0.39, 0.29) is 0 Å². The fraction of sp³-hybridized carbons (Fsp3) is 0.400. The van der Waals surface area contributed by atoms with Crippen molar-refractivity contribution >= 4 is 5.69 Å². The summed E-state index contributed by atoms with van der Waals surface area (Å²) in [6.07, 6.45) is 0. The summed E-state index contributed by atoms with van der Waals surface area (Å²) in [6, 6.07) is 12.6. The summed E-state index contributed by atoms with van der Waals surface area (Å²) < 4.78 is 11.2. The van der Waals surface area contributed by atoms with Crippen molar-refractivity contribution in [2.45, 2.75) is 34.2 Å². The van der Waals surface area contributed by atoms with Gasteiger partial charge in [-0.2, -0.15) is 0 Å². The highest BCUT2D eigenvalue weighted by Crippen LogP contribution is 2.24. The predicted octanol–water partition coefficient (Wildman–Crippen LogP) is 4.64. The normalized spacial score (nSPS) is 10.6. The van der Waals surface area contributed by atoms with Gasteiger partial charge in [-0.3, -0.25) is 0 Å². The van der Waals surface area contributed by atoms with Crippen molar-refractivity contribution in [1.82, 2.24) is 0 Å². The monoisotopic (exact) mass is 313 g/mol. The molecule has 0 aliphatic rings. The molecule has 0 spiro atoms. The molecular formula is C20H27NO2. The molecule has 0 atom stereocenters. The number of para-hydroxylation sites is 1. The first kappa shape index (κ1) is 17.4. The minimum Gasteiger partial charge on any atom is -0.491 e. The second-order valence-corrected chi connectivity index (χ2v) is 5.78. The van der Waals surface area contributed by atoms with E-state index in [0.717, 1.165) is 24.5 Å². The van der Waals surface area contributed by atoms with Crippen LogP contribution in [0, 0.1) is 20.8 Å². The van der Waals surface area contributed by atoms with Gasteiger partial charge in [-0.05, 0) is 44.9 Å². The molecule has 2 aromatic carbocycles. The van der Waals surface area contributed by atoms with Gasteiger partial charge < -0.3 is 14.8 Å². The van der Waals surface area contributed by atoms with Crippen LogP contribution in [0.3, 0.4) is 0 Å². The molecule has 1 N–H and O–H groups in total. The highest BCUT2D eigenvalue weighted by Gasteiger charge is 2.06. The van der Waals surface area contributed by atoms with Crippen LogP contribution in [-0.2, 0) is 11.3 Å². The molecule has 0 saturated carbocycles. The molecule has 2 rings (SSSR count). The van der Waals surface area contributed by atoms with Gasteiger partial charge in [-0.1, -0.05) is 35.9 Å². The van der Waals surface area contributed by atoms with E-state index in [0.29, 0.717) is 13.2 Å². The van der Waals surface area contributed by atoms with Crippen LogP contribution in [0.1, 0.15) is 29.2 Å². The highest BCUT2D eigenvalue weighted by atomic mass is 16.5. The molecule has 0 bridgehead atoms. The van der Waals surface area contributed by atoms with Crippen LogP contribution in [0.15, 0.2) is 36.4 Å². The van der Waals surface area contributed by atoms with Gasteiger partial charge in [0, 0.05) is 24.4 Å². The van der Waals surface area contributed by atoms with E-state index in [9.17, 15) is 0 Å². The zero-order valence-electron chi connectivity index (χ0n) is 14.6. The van der Waals surface area contributed by atoms with Gasteiger partial charge >= 0.3 is 0 Å². The lowest BCUT2D eigenvalue weighted by atomic mass is 10.0. The van der Waals surface area contributed by atoms with Crippen molar-refractivity contribution in [2.24, 2.45) is 0 Å². The van der Waals surface area contributed by atoms with Gasteiger partial charge in [0.1, 0.15) is 12.4 Å². The van der Waals surface area contributed by atoms with Crippen molar-refractivity contribution in [3.63, 3.8) is 0 Å². The molecule has 3 nitrogen and oxygen atoms in total. The van der Waals surface area contributed by atoms with Crippen molar-refractivity contribution < 1.29 is 9.47 Å². The summed E-state index contributed by atoms with van der Waals surface area (Å²) in [6.45, 7) is 11.1. The smallest absolute Gasteiger partial charge is 0.124 e. The molecule has 3 heteroatoms. The number of aryl methyl sites for hydroxylation is 3. The van der Waals surface area contributed by atoms with Crippen LogP contribution in [0.4, 0.5) is 5.69 Å². The molecule has 0 aliphatic carbocycles. The number of ether oxygens (including phenoxy) is 2. The van der Waals surface area contributed by atoms with Crippen LogP contribution >= 0.6 is 0 Å². The first-order chi connectivity index (χ1) is 11.1. The molecule has 124 valence electrons. The van der Waals surface area contributed by atoms with Gasteiger partial charge in [-0.15, -0.1) is 0 Å².